The number of terminal acetylenes is 1. The van der Waals surface area contributed by atoms with E-state index in [9.17, 15) is 0 Å². The monoisotopic (exact) mass is 465 g/mol. The van der Waals surface area contributed by atoms with Gasteiger partial charge in [0.2, 0.25) is 5.82 Å². The molecule has 1 unspecified atom stereocenters. The largest absolute Gasteiger partial charge is 0.283 e. The number of aliphatic imine (C=N–C) groups is 1. The summed E-state index contributed by atoms with van der Waals surface area (Å²) < 4.78 is 0. The minimum Gasteiger partial charge on any atom is -0.283 e. The predicted octanol–water partition coefficient (Wildman–Crippen LogP) is 6.37. The third-order valence-electron chi connectivity index (χ3n) is 5.42. The van der Waals surface area contributed by atoms with Gasteiger partial charge < -0.3 is 0 Å². The molecule has 0 spiro atoms. The number of benzene rings is 2. The van der Waals surface area contributed by atoms with E-state index in [1.165, 1.54) is 16.7 Å². The number of nitrogens with zero attached hydrogens (tertiary/aromatic N) is 4. The van der Waals surface area contributed by atoms with Crippen molar-refractivity contribution >= 4 is 5.71 Å². The number of aryl methyl sites for hydroxylation is 3. The number of hydrogen-bond donors (Lipinski definition) is 1. The lowest BCUT2D eigenvalue weighted by atomic mass is 9.99. The maximum Gasteiger partial charge on any atom is 0.204 e. The molecule has 180 valence electrons. The van der Waals surface area contributed by atoms with Gasteiger partial charge >= 0.3 is 0 Å². The molecule has 0 radical (unpaired) electrons. The molecular formula is C30H35N5. The fraction of sp³-hybridized carbons (Fsp3) is 0.267. The Hall–Kier alpha value is -4.04. The van der Waals surface area contributed by atoms with Crippen LogP contribution in [0.15, 0.2) is 90.5 Å². The highest BCUT2D eigenvalue weighted by Crippen LogP contribution is 2.17. The van der Waals surface area contributed by atoms with Gasteiger partial charge in [-0.3, -0.25) is 4.99 Å². The van der Waals surface area contributed by atoms with Crippen LogP contribution in [0, 0.1) is 12.8 Å². The summed E-state index contributed by atoms with van der Waals surface area (Å²) in [5.41, 5.74) is 6.06. The van der Waals surface area contributed by atoms with Crippen molar-refractivity contribution in [2.75, 3.05) is 0 Å². The molecule has 0 aliphatic carbocycles. The van der Waals surface area contributed by atoms with Crippen LogP contribution in [0.3, 0.4) is 0 Å². The summed E-state index contributed by atoms with van der Waals surface area (Å²) in [5, 5.41) is 14.3. The summed E-state index contributed by atoms with van der Waals surface area (Å²) in [6.45, 7) is 7.98. The van der Waals surface area contributed by atoms with Crippen LogP contribution >= 0.6 is 0 Å². The second-order valence-electron chi connectivity index (χ2n) is 8.06. The molecule has 3 rings (SSSR count). The first kappa shape index (κ1) is 27.2. The van der Waals surface area contributed by atoms with Crippen LogP contribution in [0.5, 0.6) is 0 Å². The summed E-state index contributed by atoms with van der Waals surface area (Å²) in [4.78, 5) is 4.81. The molecule has 1 N–H and O–H groups in total. The molecule has 0 aliphatic rings. The van der Waals surface area contributed by atoms with Gasteiger partial charge in [0.1, 0.15) is 0 Å². The molecule has 1 atom stereocenters. The van der Waals surface area contributed by atoms with Gasteiger partial charge in [-0.2, -0.15) is 5.21 Å². The second-order valence-corrected chi connectivity index (χ2v) is 8.06. The fourth-order valence-electron chi connectivity index (χ4n) is 3.58. The van der Waals surface area contributed by atoms with Gasteiger partial charge in [0.25, 0.3) is 0 Å². The van der Waals surface area contributed by atoms with Gasteiger partial charge in [0.05, 0.1) is 6.04 Å². The van der Waals surface area contributed by atoms with Gasteiger partial charge in [0, 0.05) is 11.3 Å². The number of tetrazole rings is 1. The topological polar surface area (TPSA) is 66.8 Å². The molecule has 5 heteroatoms. The molecule has 5 nitrogen and oxygen atoms in total. The number of aromatic amines is 1. The minimum atomic E-state index is 0.126. The van der Waals surface area contributed by atoms with E-state index in [1.54, 1.807) is 0 Å². The first-order chi connectivity index (χ1) is 17.2. The molecule has 3 aromatic rings. The standard InChI is InChI=1S/C28H33N5.C2H2/c1-4-6-7-8-15-27(29-22(3)5-2)19-18-24-12-9-11-23(20-24)16-17-25-13-10-14-26(21-25)28-30-32-33-31-28;1-2/h4-6,8-15,20-22H,2,7,16-19H2,1,3H3,(H,30,31,32,33);1-2H/b6-4-,15-8-,29-27?;. The molecule has 1 heterocycles. The zero-order valence-corrected chi connectivity index (χ0v) is 20.8. The van der Waals surface area contributed by atoms with Crippen molar-refractivity contribution in [3.8, 4) is 24.2 Å². The maximum absolute atomic E-state index is 4.81. The van der Waals surface area contributed by atoms with Crippen molar-refractivity contribution in [1.29, 1.82) is 0 Å². The smallest absolute Gasteiger partial charge is 0.204 e. The van der Waals surface area contributed by atoms with Crippen LogP contribution in [0.1, 0.15) is 43.4 Å². The molecule has 0 saturated heterocycles. The molecule has 2 aromatic carbocycles. The summed E-state index contributed by atoms with van der Waals surface area (Å²) in [7, 11) is 0. The van der Waals surface area contributed by atoms with E-state index in [1.807, 2.05) is 25.1 Å². The average Bonchev–Trinajstić information content (AvgIpc) is 3.45. The van der Waals surface area contributed by atoms with Gasteiger partial charge in [-0.25, -0.2) is 0 Å². The third-order valence-corrected chi connectivity index (χ3v) is 5.42. The first-order valence-corrected chi connectivity index (χ1v) is 11.9. The quantitative estimate of drug-likeness (QED) is 0.192. The Morgan fingerprint density at radius 1 is 1.03 bits per heavy atom. The van der Waals surface area contributed by atoms with Crippen molar-refractivity contribution in [2.45, 2.75) is 52.0 Å². The Morgan fingerprint density at radius 3 is 2.37 bits per heavy atom. The fourth-order valence-corrected chi connectivity index (χ4v) is 3.58. The summed E-state index contributed by atoms with van der Waals surface area (Å²) >= 11 is 0. The lowest BCUT2D eigenvalue weighted by molar-refractivity contribution is 0.881. The Morgan fingerprint density at radius 2 is 1.71 bits per heavy atom. The van der Waals surface area contributed by atoms with Gasteiger partial charge in [-0.05, 0) is 80.0 Å². The molecule has 0 amide bonds. The van der Waals surface area contributed by atoms with E-state index in [-0.39, 0.29) is 6.04 Å². The molecule has 0 fully saturated rings. The molecule has 1 aromatic heterocycles. The molecular weight excluding hydrogens is 430 g/mol. The van der Waals surface area contributed by atoms with E-state index < -0.39 is 0 Å². The van der Waals surface area contributed by atoms with E-state index in [4.69, 9.17) is 4.99 Å². The highest BCUT2D eigenvalue weighted by atomic mass is 15.5. The van der Waals surface area contributed by atoms with E-state index in [0.29, 0.717) is 5.82 Å². The number of H-pyrrole nitrogens is 1. The van der Waals surface area contributed by atoms with Gasteiger partial charge in [-0.1, -0.05) is 66.8 Å². The molecule has 35 heavy (non-hydrogen) atoms. The Labute approximate surface area is 209 Å². The minimum absolute atomic E-state index is 0.126. The van der Waals surface area contributed by atoms with Crippen LogP contribution in [-0.2, 0) is 19.3 Å². The highest BCUT2D eigenvalue weighted by Gasteiger charge is 2.05. The van der Waals surface area contributed by atoms with E-state index in [0.717, 1.165) is 43.4 Å². The molecule has 0 aliphatic heterocycles. The lowest BCUT2D eigenvalue weighted by Gasteiger charge is -2.08. The number of allylic oxidation sites excluding steroid dienone is 4. The lowest BCUT2D eigenvalue weighted by Crippen LogP contribution is -2.03. The van der Waals surface area contributed by atoms with Gasteiger partial charge in [-0.15, -0.1) is 29.6 Å². The Balaban J connectivity index is 0.00000210. The average molecular weight is 466 g/mol. The normalized spacial score (nSPS) is 12.4. The van der Waals surface area contributed by atoms with Crippen molar-refractivity contribution < 1.29 is 0 Å². The number of rotatable bonds is 12. The highest BCUT2D eigenvalue weighted by molar-refractivity contribution is 5.95. The SMILES string of the molecule is C#C.C=CC(C)N=C(/C=C\C/C=C\C)CCc1cccc(CCc2cccc(-c3nn[nH]n3)c2)c1. The number of nitrogens with one attached hydrogen (secondary N) is 1. The number of aromatic nitrogens is 4. The van der Waals surface area contributed by atoms with E-state index >= 15 is 0 Å². The van der Waals surface area contributed by atoms with Crippen LogP contribution < -0.4 is 0 Å². The maximum atomic E-state index is 4.81. The summed E-state index contributed by atoms with van der Waals surface area (Å²) in [6.07, 6.45) is 23.2. The third kappa shape index (κ3) is 9.77. The molecule has 0 saturated carbocycles. The van der Waals surface area contributed by atoms with Crippen molar-refractivity contribution in [1.82, 2.24) is 20.6 Å². The zero-order chi connectivity index (χ0) is 25.3. The number of hydrogen-bond acceptors (Lipinski definition) is 4. The van der Waals surface area contributed by atoms with Crippen molar-refractivity contribution in [3.63, 3.8) is 0 Å². The Kier molecular flexibility index (Phi) is 12.2. The summed E-state index contributed by atoms with van der Waals surface area (Å²) in [5.74, 6) is 0.627. The zero-order valence-electron chi connectivity index (χ0n) is 20.8. The second kappa shape index (κ2) is 15.7. The van der Waals surface area contributed by atoms with Crippen LogP contribution in [-0.4, -0.2) is 32.4 Å². The van der Waals surface area contributed by atoms with Crippen LogP contribution in [0.25, 0.3) is 11.4 Å². The first-order valence-electron chi connectivity index (χ1n) is 11.9. The van der Waals surface area contributed by atoms with E-state index in [2.05, 4.69) is 108 Å². The van der Waals surface area contributed by atoms with Crippen LogP contribution in [0.2, 0.25) is 0 Å². The van der Waals surface area contributed by atoms with Crippen LogP contribution in [0.4, 0.5) is 0 Å². The van der Waals surface area contributed by atoms with Crippen molar-refractivity contribution in [3.05, 3.63) is 102 Å². The van der Waals surface area contributed by atoms with Crippen molar-refractivity contribution in [2.24, 2.45) is 4.99 Å². The summed E-state index contributed by atoms with van der Waals surface area (Å²) in [6, 6.07) is 17.4. The predicted molar refractivity (Wildman–Crippen MR) is 147 cm³/mol. The van der Waals surface area contributed by atoms with Gasteiger partial charge in [0.15, 0.2) is 0 Å². The Bertz CT molecular complexity index is 1140. The molecule has 0 bridgehead atoms.